The quantitative estimate of drug-likeness (QED) is 0.666. The number of hydrogen-bond donors (Lipinski definition) is 2. The third-order valence-corrected chi connectivity index (χ3v) is 4.20. The first kappa shape index (κ1) is 15.7. The van der Waals surface area contributed by atoms with Crippen molar-refractivity contribution in [3.05, 3.63) is 64.8 Å². The molecule has 4 rings (SSSR count). The van der Waals surface area contributed by atoms with Crippen LogP contribution >= 0.6 is 15.9 Å². The summed E-state index contributed by atoms with van der Waals surface area (Å²) in [4.78, 5) is 8.73. The molecule has 7 heteroatoms. The smallest absolute Gasteiger partial charge is 0.231 e. The number of nitrogens with zero attached hydrogens (tertiary/aromatic N) is 2. The Morgan fingerprint density at radius 2 is 1.84 bits per heavy atom. The lowest BCUT2D eigenvalue weighted by molar-refractivity contribution is 0.174. The molecule has 1 aliphatic rings. The van der Waals surface area contributed by atoms with Crippen molar-refractivity contribution < 1.29 is 9.47 Å². The summed E-state index contributed by atoms with van der Waals surface area (Å²) in [6.45, 7) is 0.911. The first-order valence-corrected chi connectivity index (χ1v) is 8.54. The highest BCUT2D eigenvalue weighted by Crippen LogP contribution is 2.32. The molecule has 0 amide bonds. The van der Waals surface area contributed by atoms with Crippen molar-refractivity contribution in [3.63, 3.8) is 0 Å². The summed E-state index contributed by atoms with van der Waals surface area (Å²) in [5.74, 6) is 2.84. The maximum atomic E-state index is 5.40. The third-order valence-electron chi connectivity index (χ3n) is 3.67. The van der Waals surface area contributed by atoms with Gasteiger partial charge in [0.25, 0.3) is 0 Å². The van der Waals surface area contributed by atoms with E-state index in [1.807, 2.05) is 48.5 Å². The number of anilines is 3. The highest BCUT2D eigenvalue weighted by atomic mass is 79.9. The molecule has 0 unspecified atom stereocenters. The first-order valence-electron chi connectivity index (χ1n) is 7.74. The Hall–Kier alpha value is -2.80. The van der Waals surface area contributed by atoms with E-state index in [9.17, 15) is 0 Å². The third kappa shape index (κ3) is 3.83. The lowest BCUT2D eigenvalue weighted by atomic mass is 10.2. The van der Waals surface area contributed by atoms with Gasteiger partial charge < -0.3 is 20.1 Å². The molecule has 0 atom stereocenters. The Morgan fingerprint density at radius 1 is 1.00 bits per heavy atom. The predicted molar refractivity (Wildman–Crippen MR) is 99.3 cm³/mol. The average Bonchev–Trinajstić information content (AvgIpc) is 3.10. The van der Waals surface area contributed by atoms with Gasteiger partial charge in [-0.3, -0.25) is 0 Å². The lowest BCUT2D eigenvalue weighted by Gasteiger charge is -2.09. The van der Waals surface area contributed by atoms with E-state index in [1.165, 1.54) is 0 Å². The number of halogens is 1. The van der Waals surface area contributed by atoms with Gasteiger partial charge in [-0.15, -0.1) is 0 Å². The zero-order chi connectivity index (χ0) is 17.1. The molecule has 0 bridgehead atoms. The van der Waals surface area contributed by atoms with Crippen LogP contribution in [0.5, 0.6) is 11.5 Å². The highest BCUT2D eigenvalue weighted by molar-refractivity contribution is 9.10. The molecule has 0 aliphatic carbocycles. The summed E-state index contributed by atoms with van der Waals surface area (Å²) in [7, 11) is 0. The van der Waals surface area contributed by atoms with Gasteiger partial charge in [0.2, 0.25) is 12.7 Å². The van der Waals surface area contributed by atoms with Crippen molar-refractivity contribution >= 4 is 33.4 Å². The van der Waals surface area contributed by atoms with Crippen LogP contribution in [0, 0.1) is 0 Å². The van der Waals surface area contributed by atoms with E-state index in [1.54, 1.807) is 6.20 Å². The number of rotatable bonds is 5. The minimum absolute atomic E-state index is 0.281. The molecule has 2 N–H and O–H groups in total. The largest absolute Gasteiger partial charge is 0.454 e. The highest BCUT2D eigenvalue weighted by Gasteiger charge is 2.13. The van der Waals surface area contributed by atoms with Gasteiger partial charge in [-0.2, -0.15) is 4.98 Å². The maximum Gasteiger partial charge on any atom is 0.231 e. The predicted octanol–water partition coefficient (Wildman–Crippen LogP) is 4.32. The van der Waals surface area contributed by atoms with Crippen LogP contribution in [0.4, 0.5) is 17.5 Å². The molecule has 25 heavy (non-hydrogen) atoms. The molecule has 0 spiro atoms. The summed E-state index contributed by atoms with van der Waals surface area (Å²) < 4.78 is 11.7. The zero-order valence-electron chi connectivity index (χ0n) is 13.2. The lowest BCUT2D eigenvalue weighted by Crippen LogP contribution is -2.04. The molecular formula is C18H15BrN4O2. The number of nitrogens with one attached hydrogen (secondary N) is 2. The van der Waals surface area contributed by atoms with Crippen LogP contribution in [0.15, 0.2) is 59.2 Å². The fourth-order valence-electron chi connectivity index (χ4n) is 2.42. The second kappa shape index (κ2) is 6.98. The van der Waals surface area contributed by atoms with Crippen LogP contribution in [0.25, 0.3) is 0 Å². The number of fused-ring (bicyclic) bond motifs is 1. The van der Waals surface area contributed by atoms with Gasteiger partial charge in [0.15, 0.2) is 11.5 Å². The molecule has 3 aromatic rings. The fraction of sp³-hybridized carbons (Fsp3) is 0.111. The normalized spacial score (nSPS) is 12.0. The van der Waals surface area contributed by atoms with E-state index in [0.29, 0.717) is 12.5 Å². The summed E-state index contributed by atoms with van der Waals surface area (Å²) in [6, 6.07) is 15.6. The molecule has 1 aliphatic heterocycles. The molecule has 0 saturated heterocycles. The molecule has 0 radical (unpaired) electrons. The molecule has 1 aromatic heterocycles. The SMILES string of the molecule is Brc1ccc(Nc2nccc(NCc3ccc4c(c3)OCO4)n2)cc1. The minimum Gasteiger partial charge on any atom is -0.454 e. The molecule has 2 aromatic carbocycles. The Labute approximate surface area is 153 Å². The van der Waals surface area contributed by atoms with Crippen LogP contribution in [0.3, 0.4) is 0 Å². The van der Waals surface area contributed by atoms with Crippen molar-refractivity contribution in [2.24, 2.45) is 0 Å². The van der Waals surface area contributed by atoms with E-state index in [4.69, 9.17) is 9.47 Å². The van der Waals surface area contributed by atoms with E-state index >= 15 is 0 Å². The monoisotopic (exact) mass is 398 g/mol. The van der Waals surface area contributed by atoms with Crippen molar-refractivity contribution in [1.82, 2.24) is 9.97 Å². The Bertz CT molecular complexity index is 886. The number of benzene rings is 2. The van der Waals surface area contributed by atoms with Gasteiger partial charge in [0, 0.05) is 22.9 Å². The molecular weight excluding hydrogens is 384 g/mol. The Balaban J connectivity index is 1.42. The molecule has 0 fully saturated rings. The topological polar surface area (TPSA) is 68.3 Å². The van der Waals surface area contributed by atoms with E-state index in [2.05, 4.69) is 36.5 Å². The average molecular weight is 399 g/mol. The Kier molecular flexibility index (Phi) is 4.39. The summed E-state index contributed by atoms with van der Waals surface area (Å²) in [5.41, 5.74) is 2.02. The Morgan fingerprint density at radius 3 is 2.72 bits per heavy atom. The van der Waals surface area contributed by atoms with Crippen molar-refractivity contribution in [2.45, 2.75) is 6.54 Å². The van der Waals surface area contributed by atoms with Crippen LogP contribution in [0.2, 0.25) is 0 Å². The molecule has 126 valence electrons. The number of hydrogen-bond acceptors (Lipinski definition) is 6. The summed E-state index contributed by atoms with van der Waals surface area (Å²) >= 11 is 3.42. The van der Waals surface area contributed by atoms with Gasteiger partial charge >= 0.3 is 0 Å². The van der Waals surface area contributed by atoms with Gasteiger partial charge in [0.05, 0.1) is 0 Å². The van der Waals surface area contributed by atoms with Crippen LogP contribution < -0.4 is 20.1 Å². The van der Waals surface area contributed by atoms with Crippen molar-refractivity contribution in [1.29, 1.82) is 0 Å². The van der Waals surface area contributed by atoms with Gasteiger partial charge in [0.1, 0.15) is 5.82 Å². The van der Waals surface area contributed by atoms with E-state index < -0.39 is 0 Å². The minimum atomic E-state index is 0.281. The molecule has 2 heterocycles. The van der Waals surface area contributed by atoms with Crippen LogP contribution in [-0.2, 0) is 6.54 Å². The number of ether oxygens (including phenoxy) is 2. The summed E-state index contributed by atoms with van der Waals surface area (Å²) in [5, 5.41) is 6.48. The van der Waals surface area contributed by atoms with E-state index in [0.717, 1.165) is 33.0 Å². The number of aromatic nitrogens is 2. The summed E-state index contributed by atoms with van der Waals surface area (Å²) in [6.07, 6.45) is 1.72. The van der Waals surface area contributed by atoms with Crippen LogP contribution in [-0.4, -0.2) is 16.8 Å². The maximum absolute atomic E-state index is 5.40. The van der Waals surface area contributed by atoms with Crippen molar-refractivity contribution in [2.75, 3.05) is 17.4 Å². The standard InChI is InChI=1S/C18H15BrN4O2/c19-13-2-4-14(5-3-13)22-18-20-8-7-17(23-18)21-10-12-1-6-15-16(9-12)25-11-24-15/h1-9H,10-11H2,(H2,20,21,22,23). The van der Waals surface area contributed by atoms with Crippen molar-refractivity contribution in [3.8, 4) is 11.5 Å². The second-order valence-corrected chi connectivity index (χ2v) is 6.35. The molecule has 0 saturated carbocycles. The zero-order valence-corrected chi connectivity index (χ0v) is 14.8. The van der Waals surface area contributed by atoms with Crippen LogP contribution in [0.1, 0.15) is 5.56 Å². The first-order chi connectivity index (χ1) is 12.3. The van der Waals surface area contributed by atoms with Gasteiger partial charge in [-0.25, -0.2) is 4.98 Å². The fourth-order valence-corrected chi connectivity index (χ4v) is 2.69. The second-order valence-electron chi connectivity index (χ2n) is 5.44. The molecule has 6 nitrogen and oxygen atoms in total. The van der Waals surface area contributed by atoms with Gasteiger partial charge in [-0.1, -0.05) is 22.0 Å². The van der Waals surface area contributed by atoms with E-state index in [-0.39, 0.29) is 6.79 Å². The van der Waals surface area contributed by atoms with Gasteiger partial charge in [-0.05, 0) is 48.0 Å².